The van der Waals surface area contributed by atoms with Crippen molar-refractivity contribution < 1.29 is 19.7 Å². The number of carboxylic acids is 1. The number of thioether (sulfide) groups is 1. The lowest BCUT2D eigenvalue weighted by molar-refractivity contribution is -0.152. The molecule has 0 bridgehead atoms. The Morgan fingerprint density at radius 2 is 2.07 bits per heavy atom. The van der Waals surface area contributed by atoms with E-state index in [1.165, 1.54) is 13.8 Å². The summed E-state index contributed by atoms with van der Waals surface area (Å²) < 4.78 is 5.58. The second-order valence-electron chi connectivity index (χ2n) is 7.04. The van der Waals surface area contributed by atoms with Crippen LogP contribution in [0.3, 0.4) is 0 Å². The van der Waals surface area contributed by atoms with Crippen molar-refractivity contribution in [2.24, 2.45) is 0 Å². The van der Waals surface area contributed by atoms with Gasteiger partial charge in [-0.25, -0.2) is 4.79 Å². The molecular formula is C21H24N2O4S. The highest BCUT2D eigenvalue weighted by atomic mass is 32.2. The number of hydrogen-bond donors (Lipinski definition) is 4. The molecular weight excluding hydrogens is 376 g/mol. The smallest absolute Gasteiger partial charge is 0.347 e. The number of aromatic nitrogens is 1. The number of carbonyl (C=O) groups is 1. The second kappa shape index (κ2) is 8.16. The standard InChI is InChI=1S/C21H24N2O4S/c1-21(2,20(25)26)27-15-7-8-17-13(12-22-18(17)11-15)9-19(24)23-14-5-4-6-16(10-14)28-3/h4-8,10-12,19,22-24H,9H2,1-3H3,(H,25,26). The van der Waals surface area contributed by atoms with Crippen LogP contribution in [0.1, 0.15) is 19.4 Å². The summed E-state index contributed by atoms with van der Waals surface area (Å²) in [7, 11) is 0. The summed E-state index contributed by atoms with van der Waals surface area (Å²) in [6.07, 6.45) is 3.54. The molecule has 2 aromatic carbocycles. The third-order valence-corrected chi connectivity index (χ3v) is 5.17. The van der Waals surface area contributed by atoms with Crippen LogP contribution < -0.4 is 10.1 Å². The maximum absolute atomic E-state index is 11.2. The SMILES string of the molecule is CSc1cccc(NC(O)Cc2c[nH]c3cc(OC(C)(C)C(=O)O)ccc23)c1. The lowest BCUT2D eigenvalue weighted by atomic mass is 10.1. The third kappa shape index (κ3) is 4.61. The molecule has 0 aliphatic heterocycles. The van der Waals surface area contributed by atoms with Crippen LogP contribution in [0.4, 0.5) is 5.69 Å². The molecule has 148 valence electrons. The van der Waals surface area contributed by atoms with Gasteiger partial charge in [0.1, 0.15) is 12.0 Å². The molecule has 1 atom stereocenters. The van der Waals surface area contributed by atoms with Crippen LogP contribution in [0, 0.1) is 0 Å². The Balaban J connectivity index is 1.72. The summed E-state index contributed by atoms with van der Waals surface area (Å²) in [4.78, 5) is 15.5. The number of aliphatic hydroxyl groups is 1. The number of fused-ring (bicyclic) bond motifs is 1. The Bertz CT molecular complexity index is 983. The van der Waals surface area contributed by atoms with Crippen molar-refractivity contribution in [3.8, 4) is 5.75 Å². The number of aliphatic hydroxyl groups excluding tert-OH is 1. The number of benzene rings is 2. The van der Waals surface area contributed by atoms with Gasteiger partial charge in [0.2, 0.25) is 0 Å². The molecule has 1 heterocycles. The van der Waals surface area contributed by atoms with Crippen molar-refractivity contribution in [2.45, 2.75) is 37.0 Å². The number of nitrogens with one attached hydrogen (secondary N) is 2. The number of rotatable bonds is 8. The van der Waals surface area contributed by atoms with E-state index in [4.69, 9.17) is 4.74 Å². The van der Waals surface area contributed by atoms with Crippen molar-refractivity contribution in [1.82, 2.24) is 4.98 Å². The first-order valence-corrected chi connectivity index (χ1v) is 10.1. The number of hydrogen-bond acceptors (Lipinski definition) is 5. The summed E-state index contributed by atoms with van der Waals surface area (Å²) in [5, 5.41) is 23.7. The molecule has 0 fully saturated rings. The zero-order valence-corrected chi connectivity index (χ0v) is 16.8. The molecule has 7 heteroatoms. The van der Waals surface area contributed by atoms with Crippen LogP contribution in [-0.2, 0) is 11.2 Å². The maximum atomic E-state index is 11.2. The lowest BCUT2D eigenvalue weighted by Gasteiger charge is -2.21. The molecule has 1 aromatic heterocycles. The van der Waals surface area contributed by atoms with Gasteiger partial charge < -0.3 is 25.3 Å². The number of carboxylic acid groups (broad SMARTS) is 1. The zero-order chi connectivity index (χ0) is 20.3. The first-order chi connectivity index (χ1) is 13.3. The minimum Gasteiger partial charge on any atom is -0.478 e. The second-order valence-corrected chi connectivity index (χ2v) is 7.91. The van der Waals surface area contributed by atoms with E-state index in [1.807, 2.05) is 42.8 Å². The molecule has 1 unspecified atom stereocenters. The van der Waals surface area contributed by atoms with Gasteiger partial charge in [0.05, 0.1) is 0 Å². The van der Waals surface area contributed by atoms with Crippen LogP contribution in [0.15, 0.2) is 53.6 Å². The molecule has 0 radical (unpaired) electrons. The molecule has 3 aromatic rings. The van der Waals surface area contributed by atoms with E-state index in [2.05, 4.69) is 10.3 Å². The highest BCUT2D eigenvalue weighted by molar-refractivity contribution is 7.98. The summed E-state index contributed by atoms with van der Waals surface area (Å²) >= 11 is 1.65. The van der Waals surface area contributed by atoms with Gasteiger partial charge in [0.25, 0.3) is 0 Å². The van der Waals surface area contributed by atoms with Gasteiger partial charge in [-0.3, -0.25) is 0 Å². The molecule has 0 aliphatic carbocycles. The van der Waals surface area contributed by atoms with E-state index < -0.39 is 17.8 Å². The quantitative estimate of drug-likeness (QED) is 0.336. The monoisotopic (exact) mass is 400 g/mol. The molecule has 3 rings (SSSR count). The minimum absolute atomic E-state index is 0.421. The number of anilines is 1. The van der Waals surface area contributed by atoms with E-state index in [-0.39, 0.29) is 0 Å². The number of aliphatic carboxylic acids is 1. The normalized spacial score (nSPS) is 12.7. The molecule has 0 amide bonds. The van der Waals surface area contributed by atoms with Gasteiger partial charge in [-0.1, -0.05) is 6.07 Å². The predicted molar refractivity (Wildman–Crippen MR) is 112 cm³/mol. The molecule has 0 saturated heterocycles. The van der Waals surface area contributed by atoms with Crippen LogP contribution >= 0.6 is 11.8 Å². The van der Waals surface area contributed by atoms with Crippen molar-refractivity contribution >= 4 is 34.3 Å². The van der Waals surface area contributed by atoms with Gasteiger partial charge in [0, 0.05) is 40.2 Å². The van der Waals surface area contributed by atoms with Crippen molar-refractivity contribution in [3.63, 3.8) is 0 Å². The Morgan fingerprint density at radius 3 is 2.79 bits per heavy atom. The Labute approximate surface area is 167 Å². The fourth-order valence-corrected chi connectivity index (χ4v) is 3.36. The van der Waals surface area contributed by atoms with Crippen LogP contribution in [0.5, 0.6) is 5.75 Å². The van der Waals surface area contributed by atoms with Gasteiger partial charge in [-0.15, -0.1) is 11.8 Å². The van der Waals surface area contributed by atoms with E-state index >= 15 is 0 Å². The zero-order valence-electron chi connectivity index (χ0n) is 16.0. The number of aromatic amines is 1. The number of ether oxygens (including phenoxy) is 1. The largest absolute Gasteiger partial charge is 0.478 e. The minimum atomic E-state index is -1.31. The first-order valence-electron chi connectivity index (χ1n) is 8.89. The average molecular weight is 401 g/mol. The first kappa shape index (κ1) is 20.1. The van der Waals surface area contributed by atoms with Gasteiger partial charge in [0.15, 0.2) is 5.60 Å². The summed E-state index contributed by atoms with van der Waals surface area (Å²) in [6.45, 7) is 3.02. The van der Waals surface area contributed by atoms with Crippen molar-refractivity contribution in [3.05, 3.63) is 54.2 Å². The highest BCUT2D eigenvalue weighted by Gasteiger charge is 2.29. The molecule has 0 aliphatic rings. The third-order valence-electron chi connectivity index (χ3n) is 4.44. The summed E-state index contributed by atoms with van der Waals surface area (Å²) in [6, 6.07) is 13.3. The molecule has 4 N–H and O–H groups in total. The fourth-order valence-electron chi connectivity index (χ4n) is 2.90. The van der Waals surface area contributed by atoms with Crippen LogP contribution in [0.25, 0.3) is 10.9 Å². The van der Waals surface area contributed by atoms with E-state index in [0.717, 1.165) is 27.0 Å². The van der Waals surface area contributed by atoms with Gasteiger partial charge >= 0.3 is 5.97 Å². The molecule has 0 saturated carbocycles. The average Bonchev–Trinajstić information content (AvgIpc) is 3.03. The summed E-state index contributed by atoms with van der Waals surface area (Å²) in [5.74, 6) is -0.555. The Kier molecular flexibility index (Phi) is 5.86. The molecule has 0 spiro atoms. The lowest BCUT2D eigenvalue weighted by Crippen LogP contribution is -2.37. The topological polar surface area (TPSA) is 94.6 Å². The van der Waals surface area contributed by atoms with E-state index in [1.54, 1.807) is 23.9 Å². The number of H-pyrrole nitrogens is 1. The predicted octanol–water partition coefficient (Wildman–Crippen LogP) is 4.10. The highest BCUT2D eigenvalue weighted by Crippen LogP contribution is 2.27. The Morgan fingerprint density at radius 1 is 1.29 bits per heavy atom. The van der Waals surface area contributed by atoms with E-state index in [9.17, 15) is 15.0 Å². The van der Waals surface area contributed by atoms with Gasteiger partial charge in [-0.05, 0) is 56.0 Å². The van der Waals surface area contributed by atoms with Crippen LogP contribution in [0.2, 0.25) is 0 Å². The summed E-state index contributed by atoms with van der Waals surface area (Å²) in [5.41, 5.74) is 1.34. The fraction of sp³-hybridized carbons (Fsp3) is 0.286. The van der Waals surface area contributed by atoms with Crippen molar-refractivity contribution in [1.29, 1.82) is 0 Å². The molecule has 6 nitrogen and oxygen atoms in total. The molecule has 28 heavy (non-hydrogen) atoms. The maximum Gasteiger partial charge on any atom is 0.347 e. The van der Waals surface area contributed by atoms with Crippen LogP contribution in [-0.4, -0.2) is 39.3 Å². The Hall–Kier alpha value is -2.64. The van der Waals surface area contributed by atoms with Gasteiger partial charge in [-0.2, -0.15) is 0 Å². The van der Waals surface area contributed by atoms with Crippen molar-refractivity contribution in [2.75, 3.05) is 11.6 Å². The van der Waals surface area contributed by atoms with E-state index in [0.29, 0.717) is 12.2 Å².